The van der Waals surface area contributed by atoms with Gasteiger partial charge in [0.15, 0.2) is 10.5 Å². The molecule has 0 N–H and O–H groups in total. The topological polar surface area (TPSA) is 39.4 Å². The van der Waals surface area contributed by atoms with Crippen molar-refractivity contribution in [3.63, 3.8) is 0 Å². The summed E-state index contributed by atoms with van der Waals surface area (Å²) < 4.78 is 11.8. The van der Waals surface area contributed by atoms with E-state index in [1.165, 1.54) is 19.3 Å². The zero-order chi connectivity index (χ0) is 13.3. The Morgan fingerprint density at radius 2 is 2.11 bits per heavy atom. The third kappa shape index (κ3) is 2.65. The van der Waals surface area contributed by atoms with E-state index in [1.807, 2.05) is 0 Å². The fraction of sp³-hybridized carbons (Fsp3) is 0.667. The van der Waals surface area contributed by atoms with E-state index in [-0.39, 0.29) is 17.3 Å². The summed E-state index contributed by atoms with van der Waals surface area (Å²) >= 11 is 3.30. The van der Waals surface area contributed by atoms with Crippen LogP contribution in [0.4, 0.5) is 0 Å². The Morgan fingerprint density at radius 1 is 1.32 bits per heavy atom. The molecule has 2 aliphatic rings. The first-order valence-electron chi connectivity index (χ1n) is 7.11. The zero-order valence-electron chi connectivity index (χ0n) is 11.0. The quantitative estimate of drug-likeness (QED) is 0.758. The first kappa shape index (κ1) is 13.4. The molecule has 1 aliphatic heterocycles. The monoisotopic (exact) mass is 326 g/mol. The number of carbonyl (C=O) groups excluding carboxylic acids is 1. The summed E-state index contributed by atoms with van der Waals surface area (Å²) in [5.41, 5.74) is 0.658. The average molecular weight is 327 g/mol. The van der Waals surface area contributed by atoms with Gasteiger partial charge in [-0.1, -0.05) is 19.3 Å². The van der Waals surface area contributed by atoms with Gasteiger partial charge in [0.2, 0.25) is 0 Å². The number of Topliss-reactive ketones (excluding diaryl/α,β-unsaturated/α-hetero) is 1. The van der Waals surface area contributed by atoms with Gasteiger partial charge in [-0.2, -0.15) is 0 Å². The fourth-order valence-electron chi connectivity index (χ4n) is 3.49. The molecule has 3 rings (SSSR count). The van der Waals surface area contributed by atoms with Gasteiger partial charge in [-0.3, -0.25) is 4.79 Å². The Morgan fingerprint density at radius 3 is 2.79 bits per heavy atom. The third-order valence-corrected chi connectivity index (χ3v) is 5.13. The number of furan rings is 1. The Balaban J connectivity index is 1.74. The zero-order valence-corrected chi connectivity index (χ0v) is 12.6. The van der Waals surface area contributed by atoms with Crippen LogP contribution in [0.2, 0.25) is 0 Å². The standard InChI is InChI=1S/C15H19BrO3/c16-14-12(5-8-18-14)13(17)11-4-9-19-15(10-11)6-2-1-3-7-15/h5,8,11H,1-4,6-7,9-10H2. The molecular weight excluding hydrogens is 308 g/mol. The average Bonchev–Trinajstić information content (AvgIpc) is 2.85. The number of carbonyl (C=O) groups is 1. The molecule has 3 nitrogen and oxygen atoms in total. The van der Waals surface area contributed by atoms with E-state index < -0.39 is 0 Å². The van der Waals surface area contributed by atoms with Crippen molar-refractivity contribution in [1.82, 2.24) is 0 Å². The predicted octanol–water partition coefficient (Wildman–Crippen LogP) is 4.35. The van der Waals surface area contributed by atoms with Gasteiger partial charge >= 0.3 is 0 Å². The second-order valence-electron chi connectivity index (χ2n) is 5.75. The van der Waals surface area contributed by atoms with E-state index in [4.69, 9.17) is 9.15 Å². The first-order chi connectivity index (χ1) is 9.20. The minimum atomic E-state index is -0.0208. The molecule has 2 fully saturated rings. The normalized spacial score (nSPS) is 26.5. The molecule has 2 heterocycles. The summed E-state index contributed by atoms with van der Waals surface area (Å²) in [6, 6.07) is 1.76. The van der Waals surface area contributed by atoms with E-state index >= 15 is 0 Å². The maximum absolute atomic E-state index is 12.6. The van der Waals surface area contributed by atoms with Crippen LogP contribution in [-0.2, 0) is 4.74 Å². The van der Waals surface area contributed by atoms with Crippen molar-refractivity contribution < 1.29 is 13.9 Å². The molecule has 1 unspecified atom stereocenters. The van der Waals surface area contributed by atoms with Crippen molar-refractivity contribution >= 4 is 21.7 Å². The van der Waals surface area contributed by atoms with Crippen LogP contribution >= 0.6 is 15.9 Å². The highest BCUT2D eigenvalue weighted by molar-refractivity contribution is 9.10. The lowest BCUT2D eigenvalue weighted by Crippen LogP contribution is -2.43. The minimum absolute atomic E-state index is 0.0208. The van der Waals surface area contributed by atoms with Gasteiger partial charge in [0.25, 0.3) is 0 Å². The number of halogens is 1. The van der Waals surface area contributed by atoms with E-state index in [0.29, 0.717) is 16.8 Å². The highest BCUT2D eigenvalue weighted by atomic mass is 79.9. The molecule has 1 aromatic rings. The van der Waals surface area contributed by atoms with Crippen LogP contribution in [0.1, 0.15) is 55.3 Å². The fourth-order valence-corrected chi connectivity index (χ4v) is 3.92. The number of hydrogen-bond acceptors (Lipinski definition) is 3. The van der Waals surface area contributed by atoms with Crippen LogP contribution in [0.5, 0.6) is 0 Å². The van der Waals surface area contributed by atoms with Gasteiger partial charge in [0.1, 0.15) is 0 Å². The van der Waals surface area contributed by atoms with Crippen LogP contribution in [0.3, 0.4) is 0 Å². The molecule has 0 amide bonds. The molecule has 1 aromatic heterocycles. The predicted molar refractivity (Wildman–Crippen MR) is 75.2 cm³/mol. The smallest absolute Gasteiger partial charge is 0.179 e. The molecule has 1 saturated carbocycles. The summed E-state index contributed by atoms with van der Waals surface area (Å²) in [5.74, 6) is 0.287. The van der Waals surface area contributed by atoms with Crippen LogP contribution in [0.15, 0.2) is 21.4 Å². The van der Waals surface area contributed by atoms with Crippen molar-refractivity contribution in [2.45, 2.75) is 50.5 Å². The van der Waals surface area contributed by atoms with Crippen molar-refractivity contribution in [3.05, 3.63) is 22.6 Å². The SMILES string of the molecule is O=C(c1ccoc1Br)C1CCOC2(CCCCC2)C1. The Hall–Kier alpha value is -0.610. The summed E-state index contributed by atoms with van der Waals surface area (Å²) in [6.07, 6.45) is 9.27. The minimum Gasteiger partial charge on any atom is -0.457 e. The molecule has 1 atom stereocenters. The largest absolute Gasteiger partial charge is 0.457 e. The maximum Gasteiger partial charge on any atom is 0.179 e. The Bertz CT molecular complexity index is 454. The van der Waals surface area contributed by atoms with Crippen LogP contribution in [-0.4, -0.2) is 18.0 Å². The molecule has 104 valence electrons. The van der Waals surface area contributed by atoms with Crippen LogP contribution in [0.25, 0.3) is 0 Å². The van der Waals surface area contributed by atoms with E-state index in [2.05, 4.69) is 15.9 Å². The molecule has 0 radical (unpaired) electrons. The van der Waals surface area contributed by atoms with Gasteiger partial charge < -0.3 is 9.15 Å². The van der Waals surface area contributed by atoms with E-state index in [0.717, 1.165) is 25.7 Å². The molecule has 19 heavy (non-hydrogen) atoms. The third-order valence-electron chi connectivity index (χ3n) is 4.51. The lowest BCUT2D eigenvalue weighted by atomic mass is 9.74. The van der Waals surface area contributed by atoms with Gasteiger partial charge in [0, 0.05) is 12.5 Å². The number of hydrogen-bond donors (Lipinski definition) is 0. The molecule has 1 saturated heterocycles. The number of ether oxygens (including phenoxy) is 1. The summed E-state index contributed by atoms with van der Waals surface area (Å²) in [6.45, 7) is 0.714. The summed E-state index contributed by atoms with van der Waals surface area (Å²) in [7, 11) is 0. The molecule has 1 spiro atoms. The molecule has 4 heteroatoms. The second kappa shape index (κ2) is 5.41. The highest BCUT2D eigenvalue weighted by Crippen LogP contribution is 2.41. The van der Waals surface area contributed by atoms with Crippen LogP contribution < -0.4 is 0 Å². The van der Waals surface area contributed by atoms with Crippen LogP contribution in [0, 0.1) is 5.92 Å². The summed E-state index contributed by atoms with van der Waals surface area (Å²) in [5, 5.41) is 0. The number of rotatable bonds is 2. The number of ketones is 1. The Labute approximate surface area is 121 Å². The lowest BCUT2D eigenvalue weighted by molar-refractivity contribution is -0.111. The highest BCUT2D eigenvalue weighted by Gasteiger charge is 2.41. The molecular formula is C15H19BrO3. The van der Waals surface area contributed by atoms with Gasteiger partial charge in [-0.25, -0.2) is 0 Å². The van der Waals surface area contributed by atoms with Crippen molar-refractivity contribution in [2.24, 2.45) is 5.92 Å². The molecule has 0 bridgehead atoms. The van der Waals surface area contributed by atoms with Crippen molar-refractivity contribution in [3.8, 4) is 0 Å². The summed E-state index contributed by atoms with van der Waals surface area (Å²) in [4.78, 5) is 12.6. The van der Waals surface area contributed by atoms with Crippen molar-refractivity contribution in [1.29, 1.82) is 0 Å². The van der Waals surface area contributed by atoms with E-state index in [9.17, 15) is 4.79 Å². The Kier molecular flexibility index (Phi) is 3.81. The molecule has 0 aromatic carbocycles. The maximum atomic E-state index is 12.6. The van der Waals surface area contributed by atoms with Gasteiger partial charge in [-0.15, -0.1) is 0 Å². The first-order valence-corrected chi connectivity index (χ1v) is 7.91. The van der Waals surface area contributed by atoms with Gasteiger partial charge in [0.05, 0.1) is 17.4 Å². The van der Waals surface area contributed by atoms with E-state index in [1.54, 1.807) is 12.3 Å². The lowest BCUT2D eigenvalue weighted by Gasteiger charge is -2.43. The second-order valence-corrected chi connectivity index (χ2v) is 6.47. The van der Waals surface area contributed by atoms with Gasteiger partial charge in [-0.05, 0) is 47.7 Å². The van der Waals surface area contributed by atoms with Crippen molar-refractivity contribution in [2.75, 3.05) is 6.61 Å². The molecule has 1 aliphatic carbocycles.